The Balaban J connectivity index is 2.52. The summed E-state index contributed by atoms with van der Waals surface area (Å²) in [7, 11) is 0. The molecule has 0 aliphatic rings. The topological polar surface area (TPSA) is 30.2 Å². The van der Waals surface area contributed by atoms with Gasteiger partial charge in [-0.1, -0.05) is 18.2 Å². The van der Waals surface area contributed by atoms with Crippen molar-refractivity contribution in [1.82, 2.24) is 0 Å². The van der Waals surface area contributed by atoms with Crippen LogP contribution in [-0.2, 0) is 0 Å². The van der Waals surface area contributed by atoms with Crippen LogP contribution in [0.5, 0.6) is 0 Å². The van der Waals surface area contributed by atoms with Crippen LogP contribution >= 0.6 is 15.9 Å². The molecule has 0 saturated heterocycles. The van der Waals surface area contributed by atoms with E-state index in [2.05, 4.69) is 15.9 Å². The van der Waals surface area contributed by atoms with Gasteiger partial charge < -0.3 is 4.42 Å². The van der Waals surface area contributed by atoms with Gasteiger partial charge in [-0.15, -0.1) is 0 Å². The van der Waals surface area contributed by atoms with E-state index in [1.165, 1.54) is 0 Å². The summed E-state index contributed by atoms with van der Waals surface area (Å²) >= 11 is 3.37. The van der Waals surface area contributed by atoms with E-state index >= 15 is 0 Å². The summed E-state index contributed by atoms with van der Waals surface area (Å²) in [5.41, 5.74) is 1.54. The summed E-state index contributed by atoms with van der Waals surface area (Å²) < 4.78 is 6.18. The van der Waals surface area contributed by atoms with Crippen LogP contribution in [0.25, 0.3) is 11.3 Å². The molecule has 70 valence electrons. The lowest BCUT2D eigenvalue weighted by molar-refractivity contribution is 0.112. The van der Waals surface area contributed by atoms with E-state index in [9.17, 15) is 4.79 Å². The van der Waals surface area contributed by atoms with Gasteiger partial charge in [-0.25, -0.2) is 0 Å². The highest BCUT2D eigenvalue weighted by molar-refractivity contribution is 9.10. The molecule has 1 aromatic heterocycles. The monoisotopic (exact) mass is 250 g/mol. The van der Waals surface area contributed by atoms with Gasteiger partial charge in [0, 0.05) is 11.1 Å². The van der Waals surface area contributed by atoms with Crippen molar-refractivity contribution in [3.8, 4) is 11.3 Å². The van der Waals surface area contributed by atoms with Crippen molar-refractivity contribution >= 4 is 22.2 Å². The molecule has 0 fully saturated rings. The van der Waals surface area contributed by atoms with Gasteiger partial charge in [0.05, 0.1) is 10.7 Å². The number of hydrogen-bond donors (Lipinski definition) is 0. The molecule has 0 amide bonds. The van der Waals surface area contributed by atoms with Crippen molar-refractivity contribution in [2.75, 3.05) is 0 Å². The van der Waals surface area contributed by atoms with Crippen LogP contribution in [0.15, 0.2) is 45.5 Å². The summed E-state index contributed by atoms with van der Waals surface area (Å²) in [5, 5.41) is 0. The molecule has 2 rings (SSSR count). The van der Waals surface area contributed by atoms with E-state index in [4.69, 9.17) is 4.42 Å². The molecule has 0 N–H and O–H groups in total. The fourth-order valence-electron chi connectivity index (χ4n) is 1.25. The molecule has 1 heterocycles. The highest BCUT2D eigenvalue weighted by atomic mass is 79.9. The number of hydrogen-bond acceptors (Lipinski definition) is 2. The minimum atomic E-state index is 0.644. The molecule has 2 aromatic rings. The predicted octanol–water partition coefficient (Wildman–Crippen LogP) is 3.52. The van der Waals surface area contributed by atoms with Crippen LogP contribution in [0, 0.1) is 0 Å². The summed E-state index contributed by atoms with van der Waals surface area (Å²) in [6, 6.07) is 9.09. The Hall–Kier alpha value is -1.35. The van der Waals surface area contributed by atoms with Crippen molar-refractivity contribution < 1.29 is 9.21 Å². The number of furan rings is 1. The molecule has 0 spiro atoms. The van der Waals surface area contributed by atoms with E-state index in [1.807, 2.05) is 18.2 Å². The molecule has 14 heavy (non-hydrogen) atoms. The zero-order chi connectivity index (χ0) is 9.97. The normalized spacial score (nSPS) is 10.1. The molecule has 0 bridgehead atoms. The lowest BCUT2D eigenvalue weighted by Gasteiger charge is -1.98. The van der Waals surface area contributed by atoms with Gasteiger partial charge >= 0.3 is 0 Å². The summed E-state index contributed by atoms with van der Waals surface area (Å²) in [6.07, 6.45) is 2.42. The number of carbonyl (C=O) groups excluding carboxylic acids is 1. The van der Waals surface area contributed by atoms with Crippen molar-refractivity contribution in [2.24, 2.45) is 0 Å². The average molecular weight is 251 g/mol. The van der Waals surface area contributed by atoms with E-state index in [0.717, 1.165) is 22.1 Å². The maximum Gasteiger partial charge on any atom is 0.150 e. The SMILES string of the molecule is O=Cc1cccc(-c2occc2Br)c1. The van der Waals surface area contributed by atoms with Gasteiger partial charge in [0.1, 0.15) is 12.0 Å². The predicted molar refractivity (Wildman–Crippen MR) is 57.2 cm³/mol. The Morgan fingerprint density at radius 2 is 2.14 bits per heavy atom. The van der Waals surface area contributed by atoms with Gasteiger partial charge in [-0.05, 0) is 28.1 Å². The minimum Gasteiger partial charge on any atom is -0.463 e. The molecule has 2 nitrogen and oxygen atoms in total. The Morgan fingerprint density at radius 1 is 1.29 bits per heavy atom. The molecule has 0 saturated carbocycles. The molecule has 0 aliphatic heterocycles. The Bertz CT molecular complexity index is 460. The van der Waals surface area contributed by atoms with Gasteiger partial charge in [-0.3, -0.25) is 4.79 Å². The third-order valence-corrected chi connectivity index (χ3v) is 2.53. The molecule has 0 radical (unpaired) electrons. The van der Waals surface area contributed by atoms with Crippen LogP contribution in [0.4, 0.5) is 0 Å². The van der Waals surface area contributed by atoms with Crippen LogP contribution in [0.3, 0.4) is 0 Å². The maximum absolute atomic E-state index is 10.6. The zero-order valence-corrected chi connectivity index (χ0v) is 8.82. The van der Waals surface area contributed by atoms with Crippen molar-refractivity contribution in [2.45, 2.75) is 0 Å². The van der Waals surface area contributed by atoms with E-state index in [1.54, 1.807) is 18.4 Å². The molecule has 0 aliphatic carbocycles. The lowest BCUT2D eigenvalue weighted by Crippen LogP contribution is -1.80. The third-order valence-electron chi connectivity index (χ3n) is 1.90. The first-order valence-corrected chi connectivity index (χ1v) is 4.89. The van der Waals surface area contributed by atoms with Crippen molar-refractivity contribution in [3.63, 3.8) is 0 Å². The van der Waals surface area contributed by atoms with Gasteiger partial charge in [0.15, 0.2) is 0 Å². The molecule has 0 unspecified atom stereocenters. The summed E-state index contributed by atoms with van der Waals surface area (Å²) in [6.45, 7) is 0. The first-order valence-electron chi connectivity index (χ1n) is 4.10. The fraction of sp³-hybridized carbons (Fsp3) is 0. The van der Waals surface area contributed by atoms with Crippen LogP contribution in [-0.4, -0.2) is 6.29 Å². The highest BCUT2D eigenvalue weighted by Gasteiger charge is 2.06. The smallest absolute Gasteiger partial charge is 0.150 e. The van der Waals surface area contributed by atoms with Crippen molar-refractivity contribution in [1.29, 1.82) is 0 Å². The van der Waals surface area contributed by atoms with Crippen molar-refractivity contribution in [3.05, 3.63) is 46.6 Å². The van der Waals surface area contributed by atoms with Crippen LogP contribution in [0.2, 0.25) is 0 Å². The van der Waals surface area contributed by atoms with Gasteiger partial charge in [0.25, 0.3) is 0 Å². The average Bonchev–Trinajstić information content (AvgIpc) is 2.65. The van der Waals surface area contributed by atoms with E-state index in [-0.39, 0.29) is 0 Å². The highest BCUT2D eigenvalue weighted by Crippen LogP contribution is 2.29. The number of rotatable bonds is 2. The summed E-state index contributed by atoms with van der Waals surface area (Å²) in [5.74, 6) is 0.744. The standard InChI is InChI=1S/C11H7BrO2/c12-10-4-5-14-11(10)9-3-1-2-8(6-9)7-13/h1-7H. The molecular formula is C11H7BrO2. The van der Waals surface area contributed by atoms with E-state index < -0.39 is 0 Å². The minimum absolute atomic E-state index is 0.644. The molecule has 0 atom stereocenters. The molecule has 3 heteroatoms. The Labute approximate surface area is 89.7 Å². The van der Waals surface area contributed by atoms with Crippen LogP contribution in [0.1, 0.15) is 10.4 Å². The second-order valence-electron chi connectivity index (χ2n) is 2.84. The number of halogens is 1. The first kappa shape index (κ1) is 9.21. The van der Waals surface area contributed by atoms with Gasteiger partial charge in [-0.2, -0.15) is 0 Å². The second-order valence-corrected chi connectivity index (χ2v) is 3.70. The van der Waals surface area contributed by atoms with E-state index in [0.29, 0.717) is 5.56 Å². The maximum atomic E-state index is 10.6. The second kappa shape index (κ2) is 3.80. The lowest BCUT2D eigenvalue weighted by atomic mass is 10.1. The quantitative estimate of drug-likeness (QED) is 0.764. The van der Waals surface area contributed by atoms with Gasteiger partial charge in [0.2, 0.25) is 0 Å². The Morgan fingerprint density at radius 3 is 2.79 bits per heavy atom. The third kappa shape index (κ3) is 1.63. The first-order chi connectivity index (χ1) is 6.81. The number of aldehydes is 1. The largest absolute Gasteiger partial charge is 0.463 e. The zero-order valence-electron chi connectivity index (χ0n) is 7.24. The summed E-state index contributed by atoms with van der Waals surface area (Å²) in [4.78, 5) is 10.6. The number of carbonyl (C=O) groups is 1. The fourth-order valence-corrected chi connectivity index (χ4v) is 1.68. The Kier molecular flexibility index (Phi) is 2.50. The molecular weight excluding hydrogens is 244 g/mol. The van der Waals surface area contributed by atoms with Crippen LogP contribution < -0.4 is 0 Å². The number of benzene rings is 1. The molecule has 1 aromatic carbocycles.